The number of carboxylic acid groups (broad SMARTS) is 1. The third-order valence-corrected chi connectivity index (χ3v) is 6.76. The van der Waals surface area contributed by atoms with E-state index in [9.17, 15) is 24.3 Å². The van der Waals surface area contributed by atoms with Crippen molar-refractivity contribution in [1.29, 1.82) is 0 Å². The summed E-state index contributed by atoms with van der Waals surface area (Å²) in [5.74, 6) is -2.17. The number of carboxylic acids is 1. The molecule has 1 unspecified atom stereocenters. The van der Waals surface area contributed by atoms with Crippen molar-refractivity contribution < 1.29 is 24.3 Å². The molecule has 0 aromatic heterocycles. The molecule has 1 fully saturated rings. The zero-order chi connectivity index (χ0) is 24.4. The molecule has 0 spiro atoms. The maximum Gasteiger partial charge on any atom is 0.336 e. The predicted octanol–water partition coefficient (Wildman–Crippen LogP) is 4.68. The minimum Gasteiger partial charge on any atom is -0.478 e. The van der Waals surface area contributed by atoms with Gasteiger partial charge in [-0.05, 0) is 61.4 Å². The van der Waals surface area contributed by atoms with Crippen molar-refractivity contribution in [3.63, 3.8) is 0 Å². The molecule has 0 aliphatic carbocycles. The minimum atomic E-state index is -1.18. The normalized spacial score (nSPS) is 15.5. The fourth-order valence-corrected chi connectivity index (χ4v) is 4.99. The number of nitrogens with zero attached hydrogens (tertiary/aromatic N) is 1. The van der Waals surface area contributed by atoms with E-state index >= 15 is 0 Å². The summed E-state index contributed by atoms with van der Waals surface area (Å²) in [5.41, 5.74) is 2.87. The summed E-state index contributed by atoms with van der Waals surface area (Å²) in [7, 11) is 0. The highest BCUT2D eigenvalue weighted by Crippen LogP contribution is 2.36. The summed E-state index contributed by atoms with van der Waals surface area (Å²) < 4.78 is 0. The summed E-state index contributed by atoms with van der Waals surface area (Å²) in [4.78, 5) is 51.7. The van der Waals surface area contributed by atoms with Crippen LogP contribution in [0, 0.1) is 13.8 Å². The average Bonchev–Trinajstić information content (AvgIpc) is 3.08. The van der Waals surface area contributed by atoms with E-state index in [-0.39, 0.29) is 29.4 Å². The first-order valence-corrected chi connectivity index (χ1v) is 11.5. The van der Waals surface area contributed by atoms with Gasteiger partial charge in [0.05, 0.1) is 22.1 Å². The van der Waals surface area contributed by atoms with Crippen molar-refractivity contribution >= 4 is 46.8 Å². The van der Waals surface area contributed by atoms with Crippen LogP contribution in [0.3, 0.4) is 0 Å². The van der Waals surface area contributed by atoms with Gasteiger partial charge in [-0.25, -0.2) is 9.69 Å². The Morgan fingerprint density at radius 1 is 0.912 bits per heavy atom. The number of aryl methyl sites for hydroxylation is 2. The van der Waals surface area contributed by atoms with Gasteiger partial charge in [0, 0.05) is 17.0 Å². The van der Waals surface area contributed by atoms with Crippen LogP contribution >= 0.6 is 11.8 Å². The van der Waals surface area contributed by atoms with Crippen molar-refractivity contribution in [1.82, 2.24) is 0 Å². The number of rotatable bonds is 6. The van der Waals surface area contributed by atoms with Gasteiger partial charge >= 0.3 is 5.97 Å². The van der Waals surface area contributed by atoms with Gasteiger partial charge in [0.15, 0.2) is 0 Å². The standard InChI is InChI=1S/C26H22N2O5S/c1-15-6-5-7-16(2)23(15)28-22(29)14-21(25(28)31)34-18-12-10-17(11-13-18)27-24(30)19-8-3-4-9-20(19)26(32)33/h3-13,21H,14H2,1-2H3,(H,27,30)(H,32,33). The molecular weight excluding hydrogens is 452 g/mol. The molecule has 0 bridgehead atoms. The number of thioether (sulfide) groups is 1. The van der Waals surface area contributed by atoms with E-state index in [2.05, 4.69) is 5.32 Å². The summed E-state index contributed by atoms with van der Waals surface area (Å²) in [5, 5.41) is 11.4. The number of amides is 3. The molecule has 0 radical (unpaired) electrons. The topological polar surface area (TPSA) is 104 Å². The number of carbonyl (C=O) groups is 4. The van der Waals surface area contributed by atoms with Crippen LogP contribution in [0.2, 0.25) is 0 Å². The lowest BCUT2D eigenvalue weighted by Crippen LogP contribution is -2.32. The number of imide groups is 1. The number of para-hydroxylation sites is 1. The molecule has 34 heavy (non-hydrogen) atoms. The maximum atomic E-state index is 13.1. The van der Waals surface area contributed by atoms with Gasteiger partial charge in [-0.3, -0.25) is 14.4 Å². The van der Waals surface area contributed by atoms with Crippen molar-refractivity contribution in [3.05, 3.63) is 89.0 Å². The van der Waals surface area contributed by atoms with Crippen molar-refractivity contribution in [2.24, 2.45) is 0 Å². The summed E-state index contributed by atoms with van der Waals surface area (Å²) in [6.45, 7) is 3.76. The third-order valence-electron chi connectivity index (χ3n) is 5.56. The van der Waals surface area contributed by atoms with Crippen LogP contribution in [0.15, 0.2) is 71.6 Å². The SMILES string of the molecule is Cc1cccc(C)c1N1C(=O)CC(Sc2ccc(NC(=O)c3ccccc3C(=O)O)cc2)C1=O. The molecule has 7 nitrogen and oxygen atoms in total. The molecule has 4 rings (SSSR count). The van der Waals surface area contributed by atoms with Gasteiger partial charge in [0.25, 0.3) is 5.91 Å². The third kappa shape index (κ3) is 4.58. The summed E-state index contributed by atoms with van der Waals surface area (Å²) >= 11 is 1.30. The second-order valence-corrected chi connectivity index (χ2v) is 9.22. The Labute approximate surface area is 200 Å². The highest BCUT2D eigenvalue weighted by molar-refractivity contribution is 8.00. The number of hydrogen-bond donors (Lipinski definition) is 2. The van der Waals surface area contributed by atoms with Crippen molar-refractivity contribution in [3.8, 4) is 0 Å². The van der Waals surface area contributed by atoms with Gasteiger partial charge in [-0.15, -0.1) is 11.8 Å². The lowest BCUT2D eigenvalue weighted by molar-refractivity contribution is -0.121. The van der Waals surface area contributed by atoms with E-state index in [1.54, 1.807) is 36.4 Å². The number of benzene rings is 3. The summed E-state index contributed by atoms with van der Waals surface area (Å²) in [6, 6.07) is 18.5. The van der Waals surface area contributed by atoms with Gasteiger partial charge < -0.3 is 10.4 Å². The zero-order valence-corrected chi connectivity index (χ0v) is 19.4. The molecule has 8 heteroatoms. The lowest BCUT2D eigenvalue weighted by Gasteiger charge is -2.19. The molecule has 2 N–H and O–H groups in total. The molecule has 1 atom stereocenters. The number of anilines is 2. The molecule has 3 aromatic carbocycles. The number of hydrogen-bond acceptors (Lipinski definition) is 5. The van der Waals surface area contributed by atoms with Crippen molar-refractivity contribution in [2.75, 3.05) is 10.2 Å². The Morgan fingerprint density at radius 3 is 2.15 bits per heavy atom. The fraction of sp³-hybridized carbons (Fsp3) is 0.154. The Morgan fingerprint density at radius 2 is 1.53 bits per heavy atom. The highest BCUT2D eigenvalue weighted by atomic mass is 32.2. The van der Waals surface area contributed by atoms with Gasteiger partial charge in [-0.2, -0.15) is 0 Å². The molecule has 0 saturated carbocycles. The monoisotopic (exact) mass is 474 g/mol. The van der Waals surface area contributed by atoms with E-state index in [4.69, 9.17) is 0 Å². The van der Waals surface area contributed by atoms with Crippen molar-refractivity contribution in [2.45, 2.75) is 30.4 Å². The Balaban J connectivity index is 1.45. The van der Waals surface area contributed by atoms with Crippen LogP contribution in [0.25, 0.3) is 0 Å². The van der Waals surface area contributed by atoms with Crippen LogP contribution < -0.4 is 10.2 Å². The first-order chi connectivity index (χ1) is 16.3. The average molecular weight is 475 g/mol. The molecule has 1 aliphatic heterocycles. The molecule has 1 aliphatic rings. The van der Waals surface area contributed by atoms with E-state index in [0.717, 1.165) is 16.0 Å². The Bertz CT molecular complexity index is 1280. The largest absolute Gasteiger partial charge is 0.478 e. The first-order valence-electron chi connectivity index (χ1n) is 10.6. The van der Waals surface area contributed by atoms with Crippen LogP contribution in [0.1, 0.15) is 38.3 Å². The fourth-order valence-electron chi connectivity index (χ4n) is 3.94. The smallest absolute Gasteiger partial charge is 0.336 e. The quantitative estimate of drug-likeness (QED) is 0.503. The molecule has 3 aromatic rings. The van der Waals surface area contributed by atoms with Crippen LogP contribution in [0.5, 0.6) is 0 Å². The molecule has 172 valence electrons. The van der Waals surface area contributed by atoms with Gasteiger partial charge in [0.1, 0.15) is 0 Å². The second kappa shape index (κ2) is 9.52. The molecular formula is C26H22N2O5S. The number of carbonyl (C=O) groups excluding carboxylic acids is 3. The molecule has 1 saturated heterocycles. The van der Waals surface area contributed by atoms with Gasteiger partial charge in [0.2, 0.25) is 11.8 Å². The predicted molar refractivity (Wildman–Crippen MR) is 130 cm³/mol. The number of nitrogens with one attached hydrogen (secondary N) is 1. The lowest BCUT2D eigenvalue weighted by atomic mass is 10.1. The zero-order valence-electron chi connectivity index (χ0n) is 18.6. The molecule has 3 amide bonds. The Hall–Kier alpha value is -3.91. The van der Waals surface area contributed by atoms with E-state index in [0.29, 0.717) is 11.4 Å². The molecule has 1 heterocycles. The minimum absolute atomic E-state index is 0.0649. The van der Waals surface area contributed by atoms with Gasteiger partial charge in [-0.1, -0.05) is 30.3 Å². The first kappa shape index (κ1) is 23.3. The second-order valence-electron chi connectivity index (χ2n) is 7.95. The maximum absolute atomic E-state index is 13.1. The highest BCUT2D eigenvalue weighted by Gasteiger charge is 2.41. The Kier molecular flexibility index (Phi) is 6.51. The van der Waals surface area contributed by atoms with Crippen LogP contribution in [0.4, 0.5) is 11.4 Å². The van der Waals surface area contributed by atoms with E-state index < -0.39 is 17.1 Å². The number of aromatic carboxylic acids is 1. The van der Waals surface area contributed by atoms with E-state index in [1.165, 1.54) is 28.8 Å². The van der Waals surface area contributed by atoms with E-state index in [1.807, 2.05) is 32.0 Å². The van der Waals surface area contributed by atoms with Crippen LogP contribution in [-0.2, 0) is 9.59 Å². The summed E-state index contributed by atoms with van der Waals surface area (Å²) in [6.07, 6.45) is 0.113. The van der Waals surface area contributed by atoms with Crippen LogP contribution in [-0.4, -0.2) is 34.0 Å².